The molecule has 0 bridgehead atoms. The van der Waals surface area contributed by atoms with Crippen molar-refractivity contribution in [3.8, 4) is 0 Å². The van der Waals surface area contributed by atoms with Crippen LogP contribution in [0.4, 0.5) is 0 Å². The van der Waals surface area contributed by atoms with Crippen molar-refractivity contribution >= 4 is 28.4 Å². The zero-order chi connectivity index (χ0) is 22.1. The van der Waals surface area contributed by atoms with Crippen LogP contribution in [0.5, 0.6) is 0 Å². The van der Waals surface area contributed by atoms with Crippen molar-refractivity contribution in [3.05, 3.63) is 42.0 Å². The summed E-state index contributed by atoms with van der Waals surface area (Å²) in [6, 6.07) is 7.69. The van der Waals surface area contributed by atoms with Crippen LogP contribution in [-0.4, -0.2) is 51.5 Å². The van der Waals surface area contributed by atoms with Gasteiger partial charge in [-0.3, -0.25) is 4.21 Å². The molecule has 162 valence electrons. The molecule has 1 rings (SSSR count). The Hall–Kier alpha value is -2.52. The van der Waals surface area contributed by atoms with Gasteiger partial charge in [-0.05, 0) is 30.5 Å². The first-order chi connectivity index (χ1) is 13.8. The van der Waals surface area contributed by atoms with Gasteiger partial charge in [-0.25, -0.2) is 9.59 Å². The van der Waals surface area contributed by atoms with Gasteiger partial charge in [-0.1, -0.05) is 43.5 Å². The number of carboxylic acids is 2. The van der Waals surface area contributed by atoms with Crippen LogP contribution in [-0.2, 0) is 25.2 Å². The smallest absolute Gasteiger partial charge is 0.328 e. The van der Waals surface area contributed by atoms with E-state index in [0.29, 0.717) is 25.3 Å². The van der Waals surface area contributed by atoms with E-state index in [2.05, 4.69) is 12.1 Å². The minimum atomic E-state index is -1.26. The predicted molar refractivity (Wildman–Crippen MR) is 113 cm³/mol. The Balaban J connectivity index is 0.000000828. The third-order valence-electron chi connectivity index (χ3n) is 3.54. The molecule has 0 amide bonds. The molecule has 29 heavy (non-hydrogen) atoms. The van der Waals surface area contributed by atoms with E-state index in [-0.39, 0.29) is 0 Å². The van der Waals surface area contributed by atoms with E-state index in [4.69, 9.17) is 20.8 Å². The fraction of sp³-hybridized carbons (Fsp3) is 0.450. The second-order valence-corrected chi connectivity index (χ2v) is 7.34. The molecule has 9 heteroatoms. The van der Waals surface area contributed by atoms with Crippen LogP contribution in [0.1, 0.15) is 44.6 Å². The highest BCUT2D eigenvalue weighted by atomic mass is 32.2. The van der Waals surface area contributed by atoms with Gasteiger partial charge >= 0.3 is 11.9 Å². The summed E-state index contributed by atoms with van der Waals surface area (Å²) < 4.78 is 11.4. The molecule has 0 aliphatic rings. The van der Waals surface area contributed by atoms with E-state index in [1.165, 1.54) is 19.3 Å². The van der Waals surface area contributed by atoms with E-state index in [9.17, 15) is 13.8 Å². The number of carbonyl (C=O) groups is 2. The number of carboxylic acid groups (broad SMARTS) is 2. The molecule has 1 atom stereocenters. The summed E-state index contributed by atoms with van der Waals surface area (Å²) in [4.78, 5) is 25.2. The van der Waals surface area contributed by atoms with Crippen molar-refractivity contribution in [3.63, 3.8) is 0 Å². The first kappa shape index (κ1) is 26.5. The molecule has 1 unspecified atom stereocenters. The van der Waals surface area contributed by atoms with Crippen molar-refractivity contribution in [1.82, 2.24) is 0 Å². The number of unbranched alkanes of at least 4 members (excludes halogenated alkanes) is 3. The maximum Gasteiger partial charge on any atom is 0.328 e. The molecule has 1 aromatic carbocycles. The van der Waals surface area contributed by atoms with Crippen molar-refractivity contribution < 1.29 is 28.8 Å². The van der Waals surface area contributed by atoms with Gasteiger partial charge in [-0.15, -0.1) is 0 Å². The maximum atomic E-state index is 11.4. The van der Waals surface area contributed by atoms with E-state index >= 15 is 0 Å². The molecule has 0 saturated carbocycles. The molecular formula is C20H30N2O6S. The van der Waals surface area contributed by atoms with Gasteiger partial charge < -0.3 is 20.8 Å². The first-order valence-electron chi connectivity index (χ1n) is 9.28. The predicted octanol–water partition coefficient (Wildman–Crippen LogP) is 2.79. The first-order valence-corrected chi connectivity index (χ1v) is 10.8. The van der Waals surface area contributed by atoms with E-state index in [1.807, 2.05) is 24.3 Å². The lowest BCUT2D eigenvalue weighted by Crippen LogP contribution is -2.08. The van der Waals surface area contributed by atoms with Gasteiger partial charge in [0.1, 0.15) is 6.61 Å². The Morgan fingerprint density at radius 3 is 2.14 bits per heavy atom. The maximum absolute atomic E-state index is 11.4. The van der Waals surface area contributed by atoms with Crippen molar-refractivity contribution in [1.29, 1.82) is 0 Å². The molecule has 0 aliphatic heterocycles. The highest BCUT2D eigenvalue weighted by Crippen LogP contribution is 2.13. The van der Waals surface area contributed by atoms with Gasteiger partial charge in [0.25, 0.3) is 0 Å². The summed E-state index contributed by atoms with van der Waals surface area (Å²) in [6.07, 6.45) is 8.43. The van der Waals surface area contributed by atoms with Crippen LogP contribution < -0.4 is 5.73 Å². The fourth-order valence-electron chi connectivity index (χ4n) is 2.12. The highest BCUT2D eigenvalue weighted by Gasteiger charge is 2.06. The number of oxime groups is 1. The van der Waals surface area contributed by atoms with Gasteiger partial charge in [-0.2, -0.15) is 0 Å². The second kappa shape index (κ2) is 16.4. The lowest BCUT2D eigenvalue weighted by Gasteiger charge is -2.08. The monoisotopic (exact) mass is 426 g/mol. The Morgan fingerprint density at radius 2 is 1.69 bits per heavy atom. The highest BCUT2D eigenvalue weighted by molar-refractivity contribution is 7.84. The molecule has 0 radical (unpaired) electrons. The molecule has 8 nitrogen and oxygen atoms in total. The fourth-order valence-corrected chi connectivity index (χ4v) is 2.64. The van der Waals surface area contributed by atoms with Crippen LogP contribution in [0.2, 0.25) is 0 Å². The SMILES string of the molecule is CCCCCCC(=NOCCN)c1ccc(S(C)=O)cc1.O=C(O)/C=C/C(=O)O. The number of benzene rings is 1. The molecule has 0 saturated heterocycles. The second-order valence-electron chi connectivity index (χ2n) is 5.96. The van der Waals surface area contributed by atoms with Crippen LogP contribution in [0, 0.1) is 0 Å². The third-order valence-corrected chi connectivity index (χ3v) is 4.47. The minimum Gasteiger partial charge on any atom is -0.478 e. The third kappa shape index (κ3) is 14.2. The number of hydrogen-bond donors (Lipinski definition) is 3. The average Bonchev–Trinajstić information content (AvgIpc) is 2.69. The lowest BCUT2D eigenvalue weighted by molar-refractivity contribution is -0.134. The summed E-state index contributed by atoms with van der Waals surface area (Å²) in [6.45, 7) is 3.08. The Labute approximate surface area is 173 Å². The van der Waals surface area contributed by atoms with Crippen LogP contribution in [0.25, 0.3) is 0 Å². The van der Waals surface area contributed by atoms with E-state index < -0.39 is 22.7 Å². The topological polar surface area (TPSA) is 139 Å². The molecule has 1 aromatic rings. The number of nitrogens with two attached hydrogens (primary N) is 1. The largest absolute Gasteiger partial charge is 0.478 e. The number of hydrogen-bond acceptors (Lipinski definition) is 6. The Bertz CT molecular complexity index is 685. The molecule has 0 fully saturated rings. The molecule has 0 aromatic heterocycles. The number of aliphatic carboxylic acids is 2. The summed E-state index contributed by atoms with van der Waals surface area (Å²) >= 11 is 0. The van der Waals surface area contributed by atoms with Crippen LogP contribution in [0.15, 0.2) is 46.5 Å². The van der Waals surface area contributed by atoms with Crippen molar-refractivity contribution in [2.75, 3.05) is 19.4 Å². The summed E-state index contributed by atoms with van der Waals surface area (Å²) in [5.41, 5.74) is 7.38. The standard InChI is InChI=1S/C16H26N2O2S.C4H4O4/c1-3-4-5-6-7-16(18-20-13-12-17)14-8-10-15(11-9-14)21(2)19;5-3(6)1-2-4(7)8/h8-11H,3-7,12-13,17H2,1-2H3;1-2H,(H,5,6)(H,7,8)/b;2-1+. The molecule has 0 aliphatic carbocycles. The van der Waals surface area contributed by atoms with Crippen molar-refractivity contribution in [2.45, 2.75) is 43.9 Å². The average molecular weight is 427 g/mol. The van der Waals surface area contributed by atoms with Crippen LogP contribution in [0.3, 0.4) is 0 Å². The molecule has 4 N–H and O–H groups in total. The minimum absolute atomic E-state index is 0.426. The Morgan fingerprint density at radius 1 is 1.10 bits per heavy atom. The van der Waals surface area contributed by atoms with Crippen LogP contribution >= 0.6 is 0 Å². The lowest BCUT2D eigenvalue weighted by atomic mass is 10.0. The van der Waals surface area contributed by atoms with Gasteiger partial charge in [0.15, 0.2) is 0 Å². The molecular weight excluding hydrogens is 396 g/mol. The number of rotatable bonds is 12. The van der Waals surface area contributed by atoms with E-state index in [0.717, 1.165) is 29.0 Å². The quantitative estimate of drug-likeness (QED) is 0.202. The summed E-state index contributed by atoms with van der Waals surface area (Å²) in [5, 5.41) is 19.8. The van der Waals surface area contributed by atoms with Gasteiger partial charge in [0.05, 0.1) is 5.71 Å². The zero-order valence-electron chi connectivity index (χ0n) is 16.9. The molecule has 0 spiro atoms. The van der Waals surface area contributed by atoms with Gasteiger partial charge in [0, 0.05) is 40.6 Å². The summed E-state index contributed by atoms with van der Waals surface area (Å²) in [7, 11) is -0.953. The van der Waals surface area contributed by atoms with E-state index in [1.54, 1.807) is 6.26 Å². The summed E-state index contributed by atoms with van der Waals surface area (Å²) in [5.74, 6) is -2.51. The zero-order valence-corrected chi connectivity index (χ0v) is 17.7. The number of nitrogens with zero attached hydrogens (tertiary/aromatic N) is 1. The normalized spacial score (nSPS) is 12.2. The molecule has 0 heterocycles. The Kier molecular flexibility index (Phi) is 15.0. The van der Waals surface area contributed by atoms with Crippen molar-refractivity contribution in [2.24, 2.45) is 10.9 Å². The van der Waals surface area contributed by atoms with Gasteiger partial charge in [0.2, 0.25) is 0 Å².